The van der Waals surface area contributed by atoms with Crippen LogP contribution in [0.25, 0.3) is 10.2 Å². The molecule has 0 radical (unpaired) electrons. The van der Waals surface area contributed by atoms with Crippen molar-refractivity contribution in [3.8, 4) is 5.75 Å². The number of rotatable bonds is 6. The first kappa shape index (κ1) is 22.7. The number of benzene rings is 2. The van der Waals surface area contributed by atoms with Crippen molar-refractivity contribution in [1.29, 1.82) is 0 Å². The maximum absolute atomic E-state index is 12.5. The lowest BCUT2D eigenvalue weighted by Gasteiger charge is -2.33. The van der Waals surface area contributed by atoms with E-state index in [2.05, 4.69) is 16.7 Å². The molecule has 0 bridgehead atoms. The largest absolute Gasteiger partial charge is 0.423 e. The Hall–Kier alpha value is -2.53. The van der Waals surface area contributed by atoms with E-state index in [1.807, 2.05) is 12.1 Å². The van der Waals surface area contributed by atoms with Gasteiger partial charge in [-0.2, -0.15) is 0 Å². The van der Waals surface area contributed by atoms with Crippen molar-refractivity contribution in [2.45, 2.75) is 11.8 Å². The lowest BCUT2D eigenvalue weighted by molar-refractivity contribution is 0.0735. The molecule has 1 fully saturated rings. The van der Waals surface area contributed by atoms with Gasteiger partial charge < -0.3 is 14.5 Å². The second kappa shape index (κ2) is 9.14. The first-order chi connectivity index (χ1) is 15.3. The molecule has 1 aliphatic rings. The molecule has 3 aromatic rings. The number of likely N-dealkylation sites (N-methyl/N-ethyl adjacent to an activating group) is 1. The van der Waals surface area contributed by atoms with Gasteiger partial charge in [-0.25, -0.2) is 22.5 Å². The van der Waals surface area contributed by atoms with E-state index in [0.29, 0.717) is 5.75 Å². The Bertz CT molecular complexity index is 1210. The first-order valence-electron chi connectivity index (χ1n) is 10.4. The number of carbonyl (C=O) groups excluding carboxylic acids is 1. The Kier molecular flexibility index (Phi) is 6.47. The highest BCUT2D eigenvalue weighted by Gasteiger charge is 2.20. The van der Waals surface area contributed by atoms with E-state index in [1.54, 1.807) is 17.4 Å². The van der Waals surface area contributed by atoms with Crippen LogP contribution in [-0.2, 0) is 10.0 Å². The molecule has 0 N–H and O–H groups in total. The van der Waals surface area contributed by atoms with Crippen LogP contribution in [0.3, 0.4) is 0 Å². The number of fused-ring (bicyclic) bond motifs is 1. The fourth-order valence-corrected chi connectivity index (χ4v) is 5.43. The van der Waals surface area contributed by atoms with Gasteiger partial charge in [0, 0.05) is 46.3 Å². The van der Waals surface area contributed by atoms with Gasteiger partial charge in [0.05, 0.1) is 20.7 Å². The van der Waals surface area contributed by atoms with Crippen molar-refractivity contribution in [2.24, 2.45) is 0 Å². The summed E-state index contributed by atoms with van der Waals surface area (Å²) in [6, 6.07) is 11.1. The normalized spacial score (nSPS) is 15.4. The van der Waals surface area contributed by atoms with Gasteiger partial charge in [0.15, 0.2) is 5.13 Å². The van der Waals surface area contributed by atoms with Crippen LogP contribution in [0, 0.1) is 0 Å². The summed E-state index contributed by atoms with van der Waals surface area (Å²) < 4.78 is 32.0. The zero-order valence-electron chi connectivity index (χ0n) is 18.3. The van der Waals surface area contributed by atoms with Gasteiger partial charge in [-0.05, 0) is 42.9 Å². The molecule has 0 saturated carbocycles. The number of esters is 1. The van der Waals surface area contributed by atoms with Crippen LogP contribution in [0.2, 0.25) is 0 Å². The zero-order valence-corrected chi connectivity index (χ0v) is 19.9. The number of sulfonamides is 1. The molecule has 170 valence electrons. The fourth-order valence-electron chi connectivity index (χ4n) is 3.49. The van der Waals surface area contributed by atoms with E-state index in [9.17, 15) is 13.2 Å². The smallest absolute Gasteiger partial charge is 0.343 e. The zero-order chi connectivity index (χ0) is 22.9. The van der Waals surface area contributed by atoms with Crippen LogP contribution in [0.5, 0.6) is 5.75 Å². The SMILES string of the molecule is CCN1CCN(c2nc3ccc(OC(=O)c4ccc(S(=O)(=O)N(C)C)cc4)cc3s2)CC1. The maximum Gasteiger partial charge on any atom is 0.343 e. The van der Waals surface area contributed by atoms with Gasteiger partial charge >= 0.3 is 5.97 Å². The minimum Gasteiger partial charge on any atom is -0.423 e. The minimum atomic E-state index is -3.55. The van der Waals surface area contributed by atoms with Crippen LogP contribution in [0.4, 0.5) is 5.13 Å². The van der Waals surface area contributed by atoms with Crippen molar-refractivity contribution < 1.29 is 17.9 Å². The number of hydrogen-bond acceptors (Lipinski definition) is 8. The summed E-state index contributed by atoms with van der Waals surface area (Å²) in [4.78, 5) is 22.1. The summed E-state index contributed by atoms with van der Waals surface area (Å²) in [5, 5.41) is 0.983. The summed E-state index contributed by atoms with van der Waals surface area (Å²) in [5.74, 6) is -0.114. The van der Waals surface area contributed by atoms with E-state index in [1.165, 1.54) is 38.4 Å². The van der Waals surface area contributed by atoms with Gasteiger partial charge in [-0.1, -0.05) is 18.3 Å². The van der Waals surface area contributed by atoms with Gasteiger partial charge in [-0.15, -0.1) is 0 Å². The highest BCUT2D eigenvalue weighted by molar-refractivity contribution is 7.89. The Morgan fingerprint density at radius 2 is 1.78 bits per heavy atom. The molecular formula is C22H26N4O4S2. The molecule has 1 aromatic heterocycles. The van der Waals surface area contributed by atoms with Gasteiger partial charge in [0.1, 0.15) is 5.75 Å². The molecular weight excluding hydrogens is 448 g/mol. The van der Waals surface area contributed by atoms with Crippen LogP contribution in [0.15, 0.2) is 47.4 Å². The summed E-state index contributed by atoms with van der Waals surface area (Å²) in [6.45, 7) is 7.21. The number of carbonyl (C=O) groups is 1. The van der Waals surface area contributed by atoms with Crippen LogP contribution < -0.4 is 9.64 Å². The molecule has 1 saturated heterocycles. The van der Waals surface area contributed by atoms with Crippen molar-refractivity contribution in [3.63, 3.8) is 0 Å². The molecule has 2 aromatic carbocycles. The molecule has 32 heavy (non-hydrogen) atoms. The third-order valence-electron chi connectivity index (χ3n) is 5.52. The monoisotopic (exact) mass is 474 g/mol. The lowest BCUT2D eigenvalue weighted by atomic mass is 10.2. The van der Waals surface area contributed by atoms with E-state index in [4.69, 9.17) is 9.72 Å². The van der Waals surface area contributed by atoms with Gasteiger partial charge in [-0.3, -0.25) is 0 Å². The number of hydrogen-bond donors (Lipinski definition) is 0. The Labute approximate surface area is 192 Å². The first-order valence-corrected chi connectivity index (χ1v) is 12.7. The summed E-state index contributed by atoms with van der Waals surface area (Å²) in [7, 11) is -0.621. The number of ether oxygens (including phenoxy) is 1. The summed E-state index contributed by atoms with van der Waals surface area (Å²) in [5.41, 5.74) is 1.16. The predicted octanol–water partition coefficient (Wildman–Crippen LogP) is 2.91. The molecule has 0 amide bonds. The average Bonchev–Trinajstić information content (AvgIpc) is 3.22. The third-order valence-corrected chi connectivity index (χ3v) is 8.43. The number of aromatic nitrogens is 1. The highest BCUT2D eigenvalue weighted by atomic mass is 32.2. The topological polar surface area (TPSA) is 83.0 Å². The van der Waals surface area contributed by atoms with E-state index < -0.39 is 16.0 Å². The van der Waals surface area contributed by atoms with Crippen molar-refractivity contribution in [2.75, 3.05) is 51.7 Å². The number of nitrogens with zero attached hydrogens (tertiary/aromatic N) is 4. The standard InChI is InChI=1S/C22H26N4O4S2/c1-4-25-11-13-26(14-12-25)22-23-19-10-7-17(15-20(19)31-22)30-21(27)16-5-8-18(9-6-16)32(28,29)24(2)3/h5-10,15H,4,11-14H2,1-3H3. The van der Waals surface area contributed by atoms with Gasteiger partial charge in [0.2, 0.25) is 10.0 Å². The summed E-state index contributed by atoms with van der Waals surface area (Å²) >= 11 is 1.59. The lowest BCUT2D eigenvalue weighted by Crippen LogP contribution is -2.46. The second-order valence-electron chi connectivity index (χ2n) is 7.75. The number of piperazine rings is 1. The molecule has 0 unspecified atom stereocenters. The Morgan fingerprint density at radius 3 is 2.41 bits per heavy atom. The third kappa shape index (κ3) is 4.63. The van der Waals surface area contributed by atoms with Crippen LogP contribution in [0.1, 0.15) is 17.3 Å². The predicted molar refractivity (Wildman–Crippen MR) is 126 cm³/mol. The number of anilines is 1. The molecule has 8 nitrogen and oxygen atoms in total. The van der Waals surface area contributed by atoms with Crippen LogP contribution in [-0.4, -0.2) is 75.4 Å². The quantitative estimate of drug-likeness (QED) is 0.401. The number of thiazole rings is 1. The van der Waals surface area contributed by atoms with Crippen molar-refractivity contribution in [1.82, 2.24) is 14.2 Å². The van der Waals surface area contributed by atoms with E-state index in [-0.39, 0.29) is 10.5 Å². The molecule has 10 heteroatoms. The Morgan fingerprint density at radius 1 is 1.09 bits per heavy atom. The van der Waals surface area contributed by atoms with E-state index in [0.717, 1.165) is 52.4 Å². The Balaban J connectivity index is 1.47. The molecule has 0 atom stereocenters. The van der Waals surface area contributed by atoms with Gasteiger partial charge in [0.25, 0.3) is 0 Å². The van der Waals surface area contributed by atoms with Crippen molar-refractivity contribution in [3.05, 3.63) is 48.0 Å². The summed E-state index contributed by atoms with van der Waals surface area (Å²) in [6.07, 6.45) is 0. The molecule has 0 aliphatic carbocycles. The molecule has 0 spiro atoms. The highest BCUT2D eigenvalue weighted by Crippen LogP contribution is 2.32. The fraction of sp³-hybridized carbons (Fsp3) is 0.364. The van der Waals surface area contributed by atoms with E-state index >= 15 is 0 Å². The minimum absolute atomic E-state index is 0.123. The van der Waals surface area contributed by atoms with Crippen LogP contribution >= 0.6 is 11.3 Å². The maximum atomic E-state index is 12.5. The average molecular weight is 475 g/mol. The molecule has 4 rings (SSSR count). The second-order valence-corrected chi connectivity index (χ2v) is 10.9. The van der Waals surface area contributed by atoms with Crippen molar-refractivity contribution >= 4 is 42.7 Å². The molecule has 2 heterocycles. The molecule has 1 aliphatic heterocycles.